The predicted octanol–water partition coefficient (Wildman–Crippen LogP) is 3.21. The Labute approximate surface area is 178 Å². The minimum absolute atomic E-state index is 0.0625. The number of halogens is 3. The van der Waals surface area contributed by atoms with Gasteiger partial charge in [0.05, 0.1) is 30.4 Å². The zero-order valence-corrected chi connectivity index (χ0v) is 17.4. The molecule has 1 aromatic rings. The summed E-state index contributed by atoms with van der Waals surface area (Å²) in [4.78, 5) is 27.8. The van der Waals surface area contributed by atoms with Crippen molar-refractivity contribution in [2.24, 2.45) is 5.92 Å². The van der Waals surface area contributed by atoms with Gasteiger partial charge in [-0.1, -0.05) is 0 Å². The van der Waals surface area contributed by atoms with E-state index in [1.54, 1.807) is 6.20 Å². The molecule has 3 fully saturated rings. The number of hydrogen-bond donors (Lipinski definition) is 1. The fraction of sp³-hybridized carbons (Fsp3) is 0.667. The van der Waals surface area contributed by atoms with E-state index in [-0.39, 0.29) is 17.6 Å². The molecular weight excluding hydrogens is 417 g/mol. The third-order valence-corrected chi connectivity index (χ3v) is 5.67. The molecule has 10 heteroatoms. The van der Waals surface area contributed by atoms with Crippen molar-refractivity contribution in [3.8, 4) is 0 Å². The molecule has 1 spiro atoms. The van der Waals surface area contributed by atoms with Gasteiger partial charge in [-0.05, 0) is 50.7 Å². The number of nitrogens with zero attached hydrogens (tertiary/aromatic N) is 2. The Balaban J connectivity index is 0.000000339. The molecule has 3 heterocycles. The Bertz CT molecular complexity index is 782. The molecule has 4 rings (SSSR count). The second kappa shape index (κ2) is 9.52. The van der Waals surface area contributed by atoms with Gasteiger partial charge >= 0.3 is 12.1 Å². The maximum atomic E-state index is 12.8. The summed E-state index contributed by atoms with van der Waals surface area (Å²) < 4.78 is 43.9. The first-order valence-electron chi connectivity index (χ1n) is 10.4. The summed E-state index contributed by atoms with van der Waals surface area (Å²) in [6, 6.07) is 3.75. The van der Waals surface area contributed by atoms with Crippen molar-refractivity contribution in [2.45, 2.75) is 56.9 Å². The number of aliphatic carboxylic acids is 1. The van der Waals surface area contributed by atoms with Crippen LogP contribution in [0.3, 0.4) is 0 Å². The number of carboxylic acids is 1. The summed E-state index contributed by atoms with van der Waals surface area (Å²) in [5, 5.41) is 7.12. The molecule has 1 amide bonds. The maximum absolute atomic E-state index is 12.8. The van der Waals surface area contributed by atoms with Crippen LogP contribution in [0.2, 0.25) is 0 Å². The van der Waals surface area contributed by atoms with E-state index >= 15 is 0 Å². The topological polar surface area (TPSA) is 89.0 Å². The number of carbonyl (C=O) groups is 2. The molecular formula is C21H27F3N2O5. The number of alkyl halides is 3. The Hall–Kier alpha value is -2.20. The first-order chi connectivity index (χ1) is 14.6. The van der Waals surface area contributed by atoms with Crippen molar-refractivity contribution in [1.82, 2.24) is 9.88 Å². The van der Waals surface area contributed by atoms with Gasteiger partial charge in [0, 0.05) is 31.5 Å². The maximum Gasteiger partial charge on any atom is 0.490 e. The zero-order valence-electron chi connectivity index (χ0n) is 17.4. The van der Waals surface area contributed by atoms with Crippen LogP contribution in [0.15, 0.2) is 18.3 Å². The van der Waals surface area contributed by atoms with Gasteiger partial charge in [0.1, 0.15) is 0 Å². The SMILES string of the molecule is Cc1ccc(C(=O)N2CCC[C@]3(C[C@H](OCC4CC4)CO3)C2)cn1.O=C(O)C(F)(F)F. The van der Waals surface area contributed by atoms with Gasteiger partial charge in [-0.2, -0.15) is 13.2 Å². The summed E-state index contributed by atoms with van der Waals surface area (Å²) >= 11 is 0. The molecule has 7 nitrogen and oxygen atoms in total. The van der Waals surface area contributed by atoms with Crippen molar-refractivity contribution in [2.75, 3.05) is 26.3 Å². The number of amides is 1. The fourth-order valence-electron chi connectivity index (χ4n) is 3.80. The van der Waals surface area contributed by atoms with Crippen LogP contribution in [0, 0.1) is 12.8 Å². The number of rotatable bonds is 4. The Morgan fingerprint density at radius 1 is 1.35 bits per heavy atom. The van der Waals surface area contributed by atoms with Crippen LogP contribution in [0.5, 0.6) is 0 Å². The Morgan fingerprint density at radius 3 is 2.65 bits per heavy atom. The lowest BCUT2D eigenvalue weighted by atomic mass is 9.89. The van der Waals surface area contributed by atoms with Gasteiger partial charge in [-0.3, -0.25) is 9.78 Å². The minimum atomic E-state index is -5.08. The summed E-state index contributed by atoms with van der Waals surface area (Å²) in [5.74, 6) is -1.92. The number of piperidine rings is 1. The van der Waals surface area contributed by atoms with Crippen molar-refractivity contribution in [3.63, 3.8) is 0 Å². The number of aromatic nitrogens is 1. The van der Waals surface area contributed by atoms with Crippen LogP contribution in [-0.2, 0) is 14.3 Å². The van der Waals surface area contributed by atoms with Crippen LogP contribution in [-0.4, -0.2) is 71.1 Å². The molecule has 0 bridgehead atoms. The molecule has 0 unspecified atom stereocenters. The fourth-order valence-corrected chi connectivity index (χ4v) is 3.80. The third-order valence-electron chi connectivity index (χ3n) is 5.67. The first kappa shape index (κ1) is 23.5. The lowest BCUT2D eigenvalue weighted by molar-refractivity contribution is -0.192. The summed E-state index contributed by atoms with van der Waals surface area (Å²) in [6.45, 7) is 4.94. The molecule has 2 saturated heterocycles. The summed E-state index contributed by atoms with van der Waals surface area (Å²) in [5.41, 5.74) is 1.38. The molecule has 3 aliphatic rings. The van der Waals surface area contributed by atoms with E-state index in [4.69, 9.17) is 19.4 Å². The number of likely N-dealkylation sites (tertiary alicyclic amines) is 1. The first-order valence-corrected chi connectivity index (χ1v) is 10.4. The molecule has 0 radical (unpaired) electrons. The largest absolute Gasteiger partial charge is 0.490 e. The second-order valence-corrected chi connectivity index (χ2v) is 8.42. The van der Waals surface area contributed by atoms with Crippen LogP contribution >= 0.6 is 0 Å². The number of pyridine rings is 1. The second-order valence-electron chi connectivity index (χ2n) is 8.42. The molecule has 1 aromatic heterocycles. The van der Waals surface area contributed by atoms with E-state index in [2.05, 4.69) is 4.98 Å². The monoisotopic (exact) mass is 444 g/mol. The van der Waals surface area contributed by atoms with Gasteiger partial charge in [0.15, 0.2) is 0 Å². The van der Waals surface area contributed by atoms with Crippen molar-refractivity contribution in [1.29, 1.82) is 0 Å². The number of hydrogen-bond acceptors (Lipinski definition) is 5. The smallest absolute Gasteiger partial charge is 0.475 e. The highest BCUT2D eigenvalue weighted by Crippen LogP contribution is 2.37. The van der Waals surface area contributed by atoms with E-state index in [1.165, 1.54) is 12.8 Å². The molecule has 1 aliphatic carbocycles. The van der Waals surface area contributed by atoms with Crippen LogP contribution < -0.4 is 0 Å². The van der Waals surface area contributed by atoms with Gasteiger partial charge in [-0.25, -0.2) is 4.79 Å². The normalized spacial score (nSPS) is 25.8. The van der Waals surface area contributed by atoms with Crippen molar-refractivity contribution < 1.29 is 37.3 Å². The van der Waals surface area contributed by atoms with Crippen LogP contribution in [0.4, 0.5) is 13.2 Å². The van der Waals surface area contributed by atoms with Crippen molar-refractivity contribution in [3.05, 3.63) is 29.6 Å². The number of ether oxygens (including phenoxy) is 2. The molecule has 31 heavy (non-hydrogen) atoms. The van der Waals surface area contributed by atoms with Gasteiger partial charge in [0.2, 0.25) is 0 Å². The minimum Gasteiger partial charge on any atom is -0.475 e. The number of aryl methyl sites for hydroxylation is 1. The molecule has 1 N–H and O–H groups in total. The van der Waals surface area contributed by atoms with E-state index in [9.17, 15) is 18.0 Å². The molecule has 2 atom stereocenters. The van der Waals surface area contributed by atoms with E-state index in [0.29, 0.717) is 18.7 Å². The standard InChI is InChI=1S/C19H26N2O3.C2HF3O2/c1-14-3-6-16(10-20-14)18(22)21-8-2-7-19(13-21)9-17(12-24-19)23-11-15-4-5-15;3-2(4,5)1(6)7/h3,6,10,15,17H,2,4-5,7-9,11-13H2,1H3;(H,6,7)/t17-,19-;/m0./s1. The quantitative estimate of drug-likeness (QED) is 0.767. The van der Waals surface area contributed by atoms with Crippen LogP contribution in [0.1, 0.15) is 48.2 Å². The summed E-state index contributed by atoms with van der Waals surface area (Å²) in [7, 11) is 0. The van der Waals surface area contributed by atoms with E-state index in [0.717, 1.165) is 44.0 Å². The van der Waals surface area contributed by atoms with Gasteiger partial charge < -0.3 is 19.5 Å². The Morgan fingerprint density at radius 2 is 2.06 bits per heavy atom. The highest BCUT2D eigenvalue weighted by atomic mass is 19.4. The van der Waals surface area contributed by atoms with Crippen LogP contribution in [0.25, 0.3) is 0 Å². The molecule has 1 saturated carbocycles. The lowest BCUT2D eigenvalue weighted by Crippen LogP contribution is -2.50. The molecule has 172 valence electrons. The average Bonchev–Trinajstić information content (AvgIpc) is 3.48. The third kappa shape index (κ3) is 6.64. The Kier molecular flexibility index (Phi) is 7.20. The van der Waals surface area contributed by atoms with Crippen molar-refractivity contribution >= 4 is 11.9 Å². The van der Waals surface area contributed by atoms with Gasteiger partial charge in [0.25, 0.3) is 5.91 Å². The lowest BCUT2D eigenvalue weighted by Gasteiger charge is -2.39. The average molecular weight is 444 g/mol. The van der Waals surface area contributed by atoms with Gasteiger partial charge in [-0.15, -0.1) is 0 Å². The van der Waals surface area contributed by atoms with E-state index < -0.39 is 12.1 Å². The van der Waals surface area contributed by atoms with E-state index in [1.807, 2.05) is 24.0 Å². The number of carbonyl (C=O) groups excluding carboxylic acids is 1. The molecule has 2 aliphatic heterocycles. The highest BCUT2D eigenvalue weighted by molar-refractivity contribution is 5.94. The highest BCUT2D eigenvalue weighted by Gasteiger charge is 2.45. The molecule has 0 aromatic carbocycles. The number of carboxylic acid groups (broad SMARTS) is 1. The predicted molar refractivity (Wildman–Crippen MR) is 104 cm³/mol. The summed E-state index contributed by atoms with van der Waals surface area (Å²) in [6.07, 6.45) is 2.33. The zero-order chi connectivity index (χ0) is 22.6.